The number of nitrogens with two attached hydrogens (primary N) is 1. The molecule has 0 saturated carbocycles. The van der Waals surface area contributed by atoms with E-state index in [4.69, 9.17) is 5.73 Å². The van der Waals surface area contributed by atoms with E-state index in [0.29, 0.717) is 12.5 Å². The van der Waals surface area contributed by atoms with Crippen LogP contribution in [0.15, 0.2) is 12.2 Å². The van der Waals surface area contributed by atoms with Crippen molar-refractivity contribution in [2.45, 2.75) is 19.8 Å². The van der Waals surface area contributed by atoms with Gasteiger partial charge in [0.15, 0.2) is 0 Å². The van der Waals surface area contributed by atoms with Crippen LogP contribution in [0.2, 0.25) is 0 Å². The minimum atomic E-state index is 0.178. The number of piperidine rings is 1. The molecule has 0 aromatic rings. The first-order chi connectivity index (χ1) is 6.15. The van der Waals surface area contributed by atoms with Crippen molar-refractivity contribution in [1.82, 2.24) is 4.90 Å². The summed E-state index contributed by atoms with van der Waals surface area (Å²) in [6, 6.07) is 0. The Kier molecular flexibility index (Phi) is 3.48. The van der Waals surface area contributed by atoms with Crippen LogP contribution < -0.4 is 5.73 Å². The van der Waals surface area contributed by atoms with Gasteiger partial charge in [0.1, 0.15) is 0 Å². The van der Waals surface area contributed by atoms with Gasteiger partial charge in [-0.15, -0.1) is 0 Å². The minimum Gasteiger partial charge on any atom is -0.343 e. The highest BCUT2D eigenvalue weighted by Crippen LogP contribution is 2.22. The molecule has 3 nitrogen and oxygen atoms in total. The Bertz CT molecular complexity index is 205. The molecule has 0 aromatic carbocycles. The topological polar surface area (TPSA) is 46.3 Å². The molecule has 0 bridgehead atoms. The van der Waals surface area contributed by atoms with Crippen molar-refractivity contribution in [2.75, 3.05) is 19.6 Å². The van der Waals surface area contributed by atoms with E-state index in [1.165, 1.54) is 0 Å². The molecule has 2 N–H and O–H groups in total. The highest BCUT2D eigenvalue weighted by molar-refractivity contribution is 5.73. The maximum Gasteiger partial charge on any atom is 0.219 e. The molecule has 1 saturated heterocycles. The number of nitrogens with zero attached hydrogens (tertiary/aromatic N) is 1. The number of amides is 1. The van der Waals surface area contributed by atoms with Gasteiger partial charge in [-0.05, 0) is 18.8 Å². The van der Waals surface area contributed by atoms with Crippen LogP contribution in [-0.4, -0.2) is 30.4 Å². The summed E-state index contributed by atoms with van der Waals surface area (Å²) in [5.74, 6) is 0.706. The fraction of sp³-hybridized carbons (Fsp3) is 0.700. The van der Waals surface area contributed by atoms with E-state index in [1.54, 1.807) is 6.92 Å². The van der Waals surface area contributed by atoms with Crippen molar-refractivity contribution in [2.24, 2.45) is 11.7 Å². The van der Waals surface area contributed by atoms with Gasteiger partial charge in [0.05, 0.1) is 0 Å². The molecule has 0 radical (unpaired) electrons. The molecule has 74 valence electrons. The van der Waals surface area contributed by atoms with E-state index in [2.05, 4.69) is 6.58 Å². The first-order valence-corrected chi connectivity index (χ1v) is 4.78. The monoisotopic (exact) mass is 182 g/mol. The first-order valence-electron chi connectivity index (χ1n) is 4.78. The van der Waals surface area contributed by atoms with E-state index in [0.717, 1.165) is 31.5 Å². The van der Waals surface area contributed by atoms with Gasteiger partial charge < -0.3 is 10.6 Å². The van der Waals surface area contributed by atoms with Crippen molar-refractivity contribution >= 4 is 5.91 Å². The fourth-order valence-electron chi connectivity index (χ4n) is 1.77. The molecular weight excluding hydrogens is 164 g/mol. The Labute approximate surface area is 79.6 Å². The van der Waals surface area contributed by atoms with E-state index in [1.807, 2.05) is 4.90 Å². The highest BCUT2D eigenvalue weighted by atomic mass is 16.2. The van der Waals surface area contributed by atoms with Gasteiger partial charge in [0, 0.05) is 26.6 Å². The van der Waals surface area contributed by atoms with Crippen LogP contribution in [-0.2, 0) is 4.79 Å². The molecule has 0 spiro atoms. The number of rotatable bonds is 2. The summed E-state index contributed by atoms with van der Waals surface area (Å²) in [5.41, 5.74) is 6.65. The number of likely N-dealkylation sites (tertiary alicyclic amines) is 1. The van der Waals surface area contributed by atoms with Crippen LogP contribution in [0.5, 0.6) is 0 Å². The van der Waals surface area contributed by atoms with Crippen LogP contribution in [0.3, 0.4) is 0 Å². The van der Waals surface area contributed by atoms with Crippen molar-refractivity contribution in [1.29, 1.82) is 0 Å². The summed E-state index contributed by atoms with van der Waals surface area (Å²) in [4.78, 5) is 12.9. The molecular formula is C10H18N2O. The molecule has 0 aliphatic carbocycles. The number of hydrogen-bond donors (Lipinski definition) is 1. The molecule has 0 atom stereocenters. The zero-order valence-corrected chi connectivity index (χ0v) is 8.25. The van der Waals surface area contributed by atoms with E-state index < -0.39 is 0 Å². The van der Waals surface area contributed by atoms with Crippen molar-refractivity contribution in [3.63, 3.8) is 0 Å². The summed E-state index contributed by atoms with van der Waals surface area (Å²) in [5, 5.41) is 0. The second-order valence-corrected chi connectivity index (χ2v) is 3.64. The Morgan fingerprint density at radius 1 is 1.54 bits per heavy atom. The average Bonchev–Trinajstić information content (AvgIpc) is 2.17. The minimum absolute atomic E-state index is 0.178. The fourth-order valence-corrected chi connectivity index (χ4v) is 1.77. The zero-order valence-electron chi connectivity index (χ0n) is 8.25. The van der Waals surface area contributed by atoms with Crippen LogP contribution >= 0.6 is 0 Å². The Hall–Kier alpha value is -0.830. The normalized spacial score (nSPS) is 18.8. The number of carbonyl (C=O) groups excluding carboxylic acids is 1. The molecule has 1 amide bonds. The highest BCUT2D eigenvalue weighted by Gasteiger charge is 2.21. The van der Waals surface area contributed by atoms with Crippen molar-refractivity contribution < 1.29 is 4.79 Å². The Morgan fingerprint density at radius 3 is 2.46 bits per heavy atom. The summed E-state index contributed by atoms with van der Waals surface area (Å²) in [6.07, 6.45) is 2.05. The molecule has 1 rings (SSSR count). The van der Waals surface area contributed by atoms with Crippen LogP contribution in [0.25, 0.3) is 0 Å². The van der Waals surface area contributed by atoms with Gasteiger partial charge in [-0.25, -0.2) is 0 Å². The van der Waals surface area contributed by atoms with Crippen LogP contribution in [0.1, 0.15) is 19.8 Å². The molecule has 3 heteroatoms. The lowest BCUT2D eigenvalue weighted by Gasteiger charge is -2.32. The van der Waals surface area contributed by atoms with Gasteiger partial charge in [-0.1, -0.05) is 12.2 Å². The van der Waals surface area contributed by atoms with E-state index >= 15 is 0 Å². The van der Waals surface area contributed by atoms with E-state index in [-0.39, 0.29) is 5.91 Å². The lowest BCUT2D eigenvalue weighted by molar-refractivity contribution is -0.130. The molecule has 0 aromatic heterocycles. The largest absolute Gasteiger partial charge is 0.343 e. The van der Waals surface area contributed by atoms with Crippen LogP contribution in [0.4, 0.5) is 0 Å². The SMILES string of the molecule is C=C(CN)C1CCN(C(C)=O)CC1. The maximum atomic E-state index is 11.0. The maximum absolute atomic E-state index is 11.0. The van der Waals surface area contributed by atoms with Crippen molar-refractivity contribution in [3.05, 3.63) is 12.2 Å². The predicted octanol–water partition coefficient (Wildman–Crippen LogP) is 0.760. The summed E-state index contributed by atoms with van der Waals surface area (Å²) in [7, 11) is 0. The summed E-state index contributed by atoms with van der Waals surface area (Å²) in [6.45, 7) is 7.86. The van der Waals surface area contributed by atoms with Gasteiger partial charge >= 0.3 is 0 Å². The van der Waals surface area contributed by atoms with Crippen molar-refractivity contribution in [3.8, 4) is 0 Å². The molecule has 1 aliphatic rings. The molecule has 13 heavy (non-hydrogen) atoms. The summed E-state index contributed by atoms with van der Waals surface area (Å²) >= 11 is 0. The number of carbonyl (C=O) groups is 1. The third-order valence-electron chi connectivity index (χ3n) is 2.78. The third-order valence-corrected chi connectivity index (χ3v) is 2.78. The molecule has 0 unspecified atom stereocenters. The zero-order chi connectivity index (χ0) is 9.84. The molecule has 1 aliphatic heterocycles. The Balaban J connectivity index is 2.39. The van der Waals surface area contributed by atoms with Gasteiger partial charge in [0.2, 0.25) is 5.91 Å². The van der Waals surface area contributed by atoms with Gasteiger partial charge in [-0.2, -0.15) is 0 Å². The quantitative estimate of drug-likeness (QED) is 0.641. The summed E-state index contributed by atoms with van der Waals surface area (Å²) < 4.78 is 0. The van der Waals surface area contributed by atoms with Crippen LogP contribution in [0, 0.1) is 5.92 Å². The number of hydrogen-bond acceptors (Lipinski definition) is 2. The van der Waals surface area contributed by atoms with Gasteiger partial charge in [-0.3, -0.25) is 4.79 Å². The second-order valence-electron chi connectivity index (χ2n) is 3.64. The third kappa shape index (κ3) is 2.56. The standard InChI is InChI=1S/C10H18N2O/c1-8(7-11)10-3-5-12(6-4-10)9(2)13/h10H,1,3-7,11H2,2H3. The average molecular weight is 182 g/mol. The molecule has 1 fully saturated rings. The smallest absolute Gasteiger partial charge is 0.219 e. The molecule has 1 heterocycles. The second kappa shape index (κ2) is 4.42. The van der Waals surface area contributed by atoms with Gasteiger partial charge in [0.25, 0.3) is 0 Å². The Morgan fingerprint density at radius 2 is 2.08 bits per heavy atom. The first kappa shape index (κ1) is 10.3. The lowest BCUT2D eigenvalue weighted by atomic mass is 9.90. The lowest BCUT2D eigenvalue weighted by Crippen LogP contribution is -2.37. The predicted molar refractivity (Wildman–Crippen MR) is 53.2 cm³/mol. The van der Waals surface area contributed by atoms with E-state index in [9.17, 15) is 4.79 Å².